The Morgan fingerprint density at radius 3 is 3.00 bits per heavy atom. The first-order chi connectivity index (χ1) is 13.8. The summed E-state index contributed by atoms with van der Waals surface area (Å²) < 4.78 is 5.41. The Morgan fingerprint density at radius 1 is 1.32 bits per heavy atom. The van der Waals surface area contributed by atoms with E-state index >= 15 is 0 Å². The topological polar surface area (TPSA) is 82.9 Å². The molecule has 28 heavy (non-hydrogen) atoms. The van der Waals surface area contributed by atoms with Gasteiger partial charge in [0.05, 0.1) is 12.2 Å². The third-order valence-corrected chi connectivity index (χ3v) is 5.68. The van der Waals surface area contributed by atoms with E-state index < -0.39 is 0 Å². The number of fused-ring (bicyclic) bond motifs is 2. The van der Waals surface area contributed by atoms with Gasteiger partial charge < -0.3 is 15.2 Å². The van der Waals surface area contributed by atoms with Crippen LogP contribution < -0.4 is 10.2 Å². The number of dihydropyridines is 1. The lowest BCUT2D eigenvalue weighted by molar-refractivity contribution is 0.204. The minimum atomic E-state index is 0.139. The van der Waals surface area contributed by atoms with E-state index in [0.717, 1.165) is 33.7 Å². The average Bonchev–Trinajstić information content (AvgIpc) is 2.73. The Labute approximate surface area is 168 Å². The van der Waals surface area contributed by atoms with E-state index in [1.54, 1.807) is 31.3 Å². The van der Waals surface area contributed by atoms with Gasteiger partial charge in [0.25, 0.3) is 0 Å². The maximum Gasteiger partial charge on any atom is 0.168 e. The molecule has 2 aliphatic rings. The lowest BCUT2D eigenvalue weighted by Crippen LogP contribution is -2.32. The molecule has 2 N–H and O–H groups in total. The molecule has 1 atom stereocenters. The minimum absolute atomic E-state index is 0.139. The lowest BCUT2D eigenvalue weighted by Gasteiger charge is -2.30. The van der Waals surface area contributed by atoms with Crippen LogP contribution in [0.5, 0.6) is 0 Å². The predicted octanol–water partition coefficient (Wildman–Crippen LogP) is 2.53. The second-order valence-electron chi connectivity index (χ2n) is 6.59. The number of methoxy groups -OCH3 is 1. The molecule has 1 aromatic heterocycles. The zero-order chi connectivity index (χ0) is 19.3. The van der Waals surface area contributed by atoms with Crippen molar-refractivity contribution in [2.75, 3.05) is 31.9 Å². The number of aromatic nitrogens is 2. The summed E-state index contributed by atoms with van der Waals surface area (Å²) in [5.74, 6) is 0.827. The standard InChI is InChI=1S/C20H23N5O2S/c1-27-13-25-17-10-14(11-23-16-4-3-15(6-9-26)24-12-16)2-5-18(17)28-20-19(25)21-7-8-22-20/h2-5,7-8,10,16,23,26H,6,9,11-13H2,1H3. The number of nitrogens with one attached hydrogen (secondary N) is 1. The number of hydrogen-bond donors (Lipinski definition) is 2. The molecule has 4 rings (SSSR count). The summed E-state index contributed by atoms with van der Waals surface area (Å²) >= 11 is 1.63. The van der Waals surface area contributed by atoms with Gasteiger partial charge in [-0.15, -0.1) is 0 Å². The Bertz CT molecular complexity index is 902. The van der Waals surface area contributed by atoms with Crippen molar-refractivity contribution in [1.29, 1.82) is 0 Å². The Kier molecular flexibility index (Phi) is 6.01. The van der Waals surface area contributed by atoms with Gasteiger partial charge in [0.15, 0.2) is 5.82 Å². The maximum absolute atomic E-state index is 9.00. The third-order valence-electron chi connectivity index (χ3n) is 4.63. The van der Waals surface area contributed by atoms with Gasteiger partial charge in [-0.2, -0.15) is 0 Å². The van der Waals surface area contributed by atoms with Crippen molar-refractivity contribution in [2.24, 2.45) is 4.99 Å². The summed E-state index contributed by atoms with van der Waals surface area (Å²) in [7, 11) is 1.68. The summed E-state index contributed by atoms with van der Waals surface area (Å²) in [6, 6.07) is 6.65. The minimum Gasteiger partial charge on any atom is -0.396 e. The molecule has 2 aliphatic heterocycles. The second kappa shape index (κ2) is 8.83. The number of ether oxygens (including phenoxy) is 1. The van der Waals surface area contributed by atoms with Crippen LogP contribution in [0.2, 0.25) is 0 Å². The molecule has 7 nitrogen and oxygen atoms in total. The van der Waals surface area contributed by atoms with Crippen LogP contribution in [0, 0.1) is 0 Å². The van der Waals surface area contributed by atoms with E-state index in [4.69, 9.17) is 9.84 Å². The highest BCUT2D eigenvalue weighted by molar-refractivity contribution is 7.99. The maximum atomic E-state index is 9.00. The van der Waals surface area contributed by atoms with E-state index in [2.05, 4.69) is 49.5 Å². The summed E-state index contributed by atoms with van der Waals surface area (Å²) in [5, 5.41) is 13.4. The molecular weight excluding hydrogens is 374 g/mol. The van der Waals surface area contributed by atoms with Gasteiger partial charge in [-0.25, -0.2) is 9.97 Å². The van der Waals surface area contributed by atoms with Gasteiger partial charge in [0.1, 0.15) is 11.8 Å². The highest BCUT2D eigenvalue weighted by Crippen LogP contribution is 2.46. The zero-order valence-electron chi connectivity index (χ0n) is 15.7. The van der Waals surface area contributed by atoms with E-state index in [-0.39, 0.29) is 12.6 Å². The molecule has 0 saturated heterocycles. The van der Waals surface area contributed by atoms with E-state index in [1.165, 1.54) is 5.56 Å². The van der Waals surface area contributed by atoms with Crippen LogP contribution >= 0.6 is 11.8 Å². The molecule has 1 unspecified atom stereocenters. The van der Waals surface area contributed by atoms with Crippen LogP contribution in [0.15, 0.2) is 57.7 Å². The van der Waals surface area contributed by atoms with Gasteiger partial charge in [0, 0.05) is 55.7 Å². The van der Waals surface area contributed by atoms with Crippen molar-refractivity contribution >= 4 is 29.0 Å². The molecule has 0 bridgehead atoms. The number of aliphatic hydroxyl groups excluding tert-OH is 1. The van der Waals surface area contributed by atoms with Crippen LogP contribution in [-0.2, 0) is 11.3 Å². The third kappa shape index (κ3) is 4.10. The van der Waals surface area contributed by atoms with Crippen LogP contribution in [0.1, 0.15) is 12.0 Å². The smallest absolute Gasteiger partial charge is 0.168 e. The van der Waals surface area contributed by atoms with Gasteiger partial charge in [0.2, 0.25) is 0 Å². The van der Waals surface area contributed by atoms with Gasteiger partial charge >= 0.3 is 0 Å². The Morgan fingerprint density at radius 2 is 2.21 bits per heavy atom. The SMILES string of the molecule is COCN1c2cc(CNC3C=CC(CCO)=NC3)ccc2Sc2nccnc21. The van der Waals surface area contributed by atoms with Crippen LogP contribution in [-0.4, -0.2) is 53.8 Å². The molecule has 2 aromatic rings. The number of nitrogens with zero attached hydrogens (tertiary/aromatic N) is 4. The highest BCUT2D eigenvalue weighted by atomic mass is 32.2. The first-order valence-corrected chi connectivity index (χ1v) is 10.0. The van der Waals surface area contributed by atoms with Crippen LogP contribution in [0.25, 0.3) is 0 Å². The number of rotatable bonds is 7. The van der Waals surface area contributed by atoms with Crippen LogP contribution in [0.3, 0.4) is 0 Å². The van der Waals surface area contributed by atoms with Gasteiger partial charge in [-0.05, 0) is 23.8 Å². The predicted molar refractivity (Wildman–Crippen MR) is 110 cm³/mol. The Hall–Kier alpha value is -2.26. The molecule has 0 fully saturated rings. The zero-order valence-corrected chi connectivity index (χ0v) is 16.5. The number of hydrogen-bond acceptors (Lipinski definition) is 8. The molecule has 0 radical (unpaired) electrons. The molecule has 0 aliphatic carbocycles. The summed E-state index contributed by atoms with van der Waals surface area (Å²) in [4.78, 5) is 16.7. The molecule has 1 aromatic carbocycles. The fourth-order valence-electron chi connectivity index (χ4n) is 3.24. The number of anilines is 2. The fourth-order valence-corrected chi connectivity index (χ4v) is 4.22. The van der Waals surface area contributed by atoms with Crippen molar-refractivity contribution in [3.63, 3.8) is 0 Å². The first kappa shape index (κ1) is 19.1. The molecular formula is C20H23N5O2S. The molecule has 8 heteroatoms. The van der Waals surface area contributed by atoms with Crippen molar-refractivity contribution in [1.82, 2.24) is 15.3 Å². The van der Waals surface area contributed by atoms with Crippen molar-refractivity contribution in [2.45, 2.75) is 28.9 Å². The summed E-state index contributed by atoms with van der Waals surface area (Å²) in [5.41, 5.74) is 3.23. The lowest BCUT2D eigenvalue weighted by atomic mass is 10.1. The van der Waals surface area contributed by atoms with Gasteiger partial charge in [-0.3, -0.25) is 9.89 Å². The normalized spacial score (nSPS) is 17.9. The molecule has 3 heterocycles. The average molecular weight is 398 g/mol. The highest BCUT2D eigenvalue weighted by Gasteiger charge is 2.25. The number of allylic oxidation sites excluding steroid dienone is 1. The first-order valence-electron chi connectivity index (χ1n) is 9.22. The molecule has 0 saturated carbocycles. The molecule has 146 valence electrons. The number of aliphatic hydroxyl groups is 1. The monoisotopic (exact) mass is 397 g/mol. The number of benzene rings is 1. The van der Waals surface area contributed by atoms with E-state index in [1.807, 2.05) is 6.08 Å². The van der Waals surface area contributed by atoms with Crippen molar-refractivity contribution in [3.8, 4) is 0 Å². The van der Waals surface area contributed by atoms with Crippen molar-refractivity contribution in [3.05, 3.63) is 48.3 Å². The van der Waals surface area contributed by atoms with E-state index in [9.17, 15) is 0 Å². The summed E-state index contributed by atoms with van der Waals surface area (Å²) in [6.45, 7) is 2.00. The number of aliphatic imine (C=N–C) groups is 1. The molecule has 0 amide bonds. The van der Waals surface area contributed by atoms with Crippen molar-refractivity contribution < 1.29 is 9.84 Å². The molecule has 0 spiro atoms. The summed E-state index contributed by atoms with van der Waals surface area (Å²) in [6.07, 6.45) is 8.16. The van der Waals surface area contributed by atoms with Crippen LogP contribution in [0.4, 0.5) is 11.5 Å². The fraction of sp³-hybridized carbons (Fsp3) is 0.350. The Balaban J connectivity index is 1.47. The van der Waals surface area contributed by atoms with E-state index in [0.29, 0.717) is 19.7 Å². The quantitative estimate of drug-likeness (QED) is 0.743. The second-order valence-corrected chi connectivity index (χ2v) is 7.62. The largest absolute Gasteiger partial charge is 0.396 e. The van der Waals surface area contributed by atoms with Gasteiger partial charge in [-0.1, -0.05) is 23.9 Å².